The first-order valence-electron chi connectivity index (χ1n) is 10.1. The van der Waals surface area contributed by atoms with Gasteiger partial charge in [-0.25, -0.2) is 4.39 Å². The van der Waals surface area contributed by atoms with E-state index in [0.29, 0.717) is 5.75 Å². The summed E-state index contributed by atoms with van der Waals surface area (Å²) in [6, 6.07) is 21.4. The lowest BCUT2D eigenvalue weighted by molar-refractivity contribution is 0.416. The van der Waals surface area contributed by atoms with Gasteiger partial charge in [0.2, 0.25) is 0 Å². The van der Waals surface area contributed by atoms with Crippen LogP contribution in [0, 0.1) is 11.7 Å². The van der Waals surface area contributed by atoms with Crippen molar-refractivity contribution in [1.29, 1.82) is 0 Å². The second kappa shape index (κ2) is 10.5. The fourth-order valence-electron chi connectivity index (χ4n) is 3.29. The molecule has 0 fully saturated rings. The van der Waals surface area contributed by atoms with Crippen molar-refractivity contribution in [3.05, 3.63) is 84.2 Å². The molecule has 3 rings (SSSR count). The van der Waals surface area contributed by atoms with E-state index in [4.69, 9.17) is 14.6 Å². The number of benzene rings is 3. The van der Waals surface area contributed by atoms with Gasteiger partial charge in [0.1, 0.15) is 17.3 Å². The van der Waals surface area contributed by atoms with Gasteiger partial charge in [-0.15, -0.1) is 0 Å². The standard InChI is InChI=1S/C25H28FN3O2/c1-17(2)24(29-28-21-10-6-8-12-23(21)31-4)25(18-13-15-19(26)16-14-18)27-20-9-5-7-11-22(20)30-3/h5-17,25,27-28H,1-4H3/b29-24+/t25-/m0/s1. The molecule has 0 radical (unpaired) electrons. The van der Waals surface area contributed by atoms with Crippen molar-refractivity contribution in [2.45, 2.75) is 19.9 Å². The Morgan fingerprint density at radius 1 is 0.806 bits per heavy atom. The zero-order valence-corrected chi connectivity index (χ0v) is 18.2. The van der Waals surface area contributed by atoms with E-state index in [1.54, 1.807) is 26.4 Å². The maximum Gasteiger partial charge on any atom is 0.143 e. The molecule has 5 nitrogen and oxygen atoms in total. The van der Waals surface area contributed by atoms with E-state index in [-0.39, 0.29) is 17.8 Å². The van der Waals surface area contributed by atoms with Gasteiger partial charge in [0, 0.05) is 0 Å². The van der Waals surface area contributed by atoms with Crippen LogP contribution >= 0.6 is 0 Å². The van der Waals surface area contributed by atoms with Crippen LogP contribution in [0.5, 0.6) is 11.5 Å². The van der Waals surface area contributed by atoms with Gasteiger partial charge >= 0.3 is 0 Å². The van der Waals surface area contributed by atoms with Crippen molar-refractivity contribution in [1.82, 2.24) is 0 Å². The average molecular weight is 422 g/mol. The molecule has 0 saturated heterocycles. The van der Waals surface area contributed by atoms with Crippen molar-refractivity contribution >= 4 is 17.1 Å². The Kier molecular flexibility index (Phi) is 7.49. The quantitative estimate of drug-likeness (QED) is 0.323. The second-order valence-corrected chi connectivity index (χ2v) is 7.33. The molecule has 162 valence electrons. The number of hydrogen-bond acceptors (Lipinski definition) is 5. The molecule has 0 aliphatic carbocycles. The molecule has 0 heterocycles. The summed E-state index contributed by atoms with van der Waals surface area (Å²) < 4.78 is 24.5. The Labute approximate surface area is 182 Å². The van der Waals surface area contributed by atoms with Crippen LogP contribution in [-0.4, -0.2) is 19.9 Å². The van der Waals surface area contributed by atoms with Crippen molar-refractivity contribution in [3.8, 4) is 11.5 Å². The highest BCUT2D eigenvalue weighted by molar-refractivity contribution is 5.95. The molecule has 3 aromatic rings. The molecule has 31 heavy (non-hydrogen) atoms. The van der Waals surface area contributed by atoms with Crippen LogP contribution in [0.1, 0.15) is 25.5 Å². The topological polar surface area (TPSA) is 54.9 Å². The van der Waals surface area contributed by atoms with E-state index in [2.05, 4.69) is 24.6 Å². The lowest BCUT2D eigenvalue weighted by atomic mass is 9.94. The maximum absolute atomic E-state index is 13.6. The minimum absolute atomic E-state index is 0.0967. The van der Waals surface area contributed by atoms with E-state index < -0.39 is 0 Å². The summed E-state index contributed by atoms with van der Waals surface area (Å²) in [5.74, 6) is 1.23. The van der Waals surface area contributed by atoms with Crippen LogP contribution in [-0.2, 0) is 0 Å². The third-order valence-corrected chi connectivity index (χ3v) is 4.91. The van der Waals surface area contributed by atoms with Gasteiger partial charge in [-0.2, -0.15) is 5.10 Å². The molecule has 0 bridgehead atoms. The first-order valence-corrected chi connectivity index (χ1v) is 10.1. The van der Waals surface area contributed by atoms with Gasteiger partial charge in [0.05, 0.1) is 37.3 Å². The molecule has 2 N–H and O–H groups in total. The highest BCUT2D eigenvalue weighted by Gasteiger charge is 2.23. The molecular weight excluding hydrogens is 393 g/mol. The predicted octanol–water partition coefficient (Wildman–Crippen LogP) is 6.12. The minimum Gasteiger partial charge on any atom is -0.495 e. The largest absolute Gasteiger partial charge is 0.495 e. The smallest absolute Gasteiger partial charge is 0.143 e. The van der Waals surface area contributed by atoms with Crippen LogP contribution in [0.25, 0.3) is 0 Å². The number of rotatable bonds is 9. The second-order valence-electron chi connectivity index (χ2n) is 7.33. The monoisotopic (exact) mass is 421 g/mol. The number of para-hydroxylation sites is 4. The van der Waals surface area contributed by atoms with Crippen LogP contribution in [0.2, 0.25) is 0 Å². The summed E-state index contributed by atoms with van der Waals surface area (Å²) in [4.78, 5) is 0. The zero-order chi connectivity index (χ0) is 22.2. The zero-order valence-electron chi connectivity index (χ0n) is 18.2. The number of nitrogens with zero attached hydrogens (tertiary/aromatic N) is 1. The van der Waals surface area contributed by atoms with Gasteiger partial charge in [0.15, 0.2) is 0 Å². The average Bonchev–Trinajstić information content (AvgIpc) is 2.79. The molecule has 1 atom stereocenters. The van der Waals surface area contributed by atoms with Crippen molar-refractivity contribution < 1.29 is 13.9 Å². The predicted molar refractivity (Wildman–Crippen MR) is 125 cm³/mol. The maximum atomic E-state index is 13.6. The summed E-state index contributed by atoms with van der Waals surface area (Å²) in [6.45, 7) is 4.15. The number of hydrogen-bond donors (Lipinski definition) is 2. The number of ether oxygens (including phenoxy) is 2. The molecule has 0 aliphatic rings. The van der Waals surface area contributed by atoms with E-state index in [1.807, 2.05) is 48.5 Å². The highest BCUT2D eigenvalue weighted by Crippen LogP contribution is 2.31. The van der Waals surface area contributed by atoms with Gasteiger partial charge in [-0.3, -0.25) is 5.43 Å². The first kappa shape index (κ1) is 22.2. The Morgan fingerprint density at radius 3 is 1.94 bits per heavy atom. The number of halogens is 1. The molecule has 6 heteroatoms. The normalized spacial score (nSPS) is 12.4. The molecule has 0 saturated carbocycles. The fourth-order valence-corrected chi connectivity index (χ4v) is 3.29. The lowest BCUT2D eigenvalue weighted by Crippen LogP contribution is -2.26. The third-order valence-electron chi connectivity index (χ3n) is 4.91. The Hall–Kier alpha value is -3.54. The summed E-state index contributed by atoms with van der Waals surface area (Å²) in [5.41, 5.74) is 6.47. The fraction of sp³-hybridized carbons (Fsp3) is 0.240. The molecule has 0 unspecified atom stereocenters. The van der Waals surface area contributed by atoms with Crippen LogP contribution in [0.3, 0.4) is 0 Å². The molecule has 3 aromatic carbocycles. The Morgan fingerprint density at radius 2 is 1.35 bits per heavy atom. The molecule has 0 aromatic heterocycles. The lowest BCUT2D eigenvalue weighted by Gasteiger charge is -2.26. The molecule has 0 amide bonds. The molecular formula is C25H28FN3O2. The van der Waals surface area contributed by atoms with Crippen molar-refractivity contribution in [2.24, 2.45) is 11.0 Å². The molecule has 0 aliphatic heterocycles. The third kappa shape index (κ3) is 5.54. The number of methoxy groups -OCH3 is 2. The van der Waals surface area contributed by atoms with Crippen LogP contribution in [0.4, 0.5) is 15.8 Å². The van der Waals surface area contributed by atoms with Crippen molar-refractivity contribution in [2.75, 3.05) is 25.0 Å². The Bertz CT molecular complexity index is 1020. The summed E-state index contributed by atoms with van der Waals surface area (Å²) >= 11 is 0. The number of nitrogens with one attached hydrogen (secondary N) is 2. The SMILES string of the molecule is COc1ccccc1N/N=C(\C(C)C)[C@@H](Nc1ccccc1OC)c1ccc(F)cc1. The van der Waals surface area contributed by atoms with Gasteiger partial charge < -0.3 is 14.8 Å². The Balaban J connectivity index is 2.02. The van der Waals surface area contributed by atoms with Gasteiger partial charge in [0.25, 0.3) is 0 Å². The van der Waals surface area contributed by atoms with Crippen LogP contribution < -0.4 is 20.2 Å². The van der Waals surface area contributed by atoms with E-state index >= 15 is 0 Å². The number of hydrazone groups is 1. The number of anilines is 2. The van der Waals surface area contributed by atoms with Gasteiger partial charge in [-0.1, -0.05) is 50.2 Å². The van der Waals surface area contributed by atoms with E-state index in [1.165, 1.54) is 12.1 Å². The van der Waals surface area contributed by atoms with E-state index in [9.17, 15) is 4.39 Å². The first-order chi connectivity index (χ1) is 15.0. The molecule has 0 spiro atoms. The van der Waals surface area contributed by atoms with Gasteiger partial charge in [-0.05, 0) is 47.9 Å². The van der Waals surface area contributed by atoms with Crippen LogP contribution in [0.15, 0.2) is 77.9 Å². The highest BCUT2D eigenvalue weighted by atomic mass is 19.1. The van der Waals surface area contributed by atoms with Crippen molar-refractivity contribution in [3.63, 3.8) is 0 Å². The van der Waals surface area contributed by atoms with E-state index in [0.717, 1.165) is 28.4 Å². The summed E-state index contributed by atoms with van der Waals surface area (Å²) in [5, 5.41) is 8.27. The minimum atomic E-state index is -0.306. The summed E-state index contributed by atoms with van der Waals surface area (Å²) in [7, 11) is 3.26. The summed E-state index contributed by atoms with van der Waals surface area (Å²) in [6.07, 6.45) is 0.